The maximum absolute atomic E-state index is 12.5. The minimum Gasteiger partial charge on any atom is -0.493 e. The smallest absolute Gasteiger partial charge is 0.259 e. The van der Waals surface area contributed by atoms with Crippen LogP contribution in [0.25, 0.3) is 10.1 Å². The number of carbonyl (C=O) groups excluding carboxylic acids is 2. The Balaban J connectivity index is 1.64. The first-order valence-electron chi connectivity index (χ1n) is 11.0. The molecule has 180 valence electrons. The minimum atomic E-state index is -0.421. The lowest BCUT2D eigenvalue weighted by Gasteiger charge is -2.11. The highest BCUT2D eigenvalue weighted by molar-refractivity contribution is 7.17. The Morgan fingerprint density at radius 2 is 1.91 bits per heavy atom. The molecule has 2 aromatic carbocycles. The zero-order valence-electron chi connectivity index (χ0n) is 19.6. The van der Waals surface area contributed by atoms with Crippen LogP contribution in [-0.2, 0) is 9.53 Å². The molecule has 0 saturated heterocycles. The summed E-state index contributed by atoms with van der Waals surface area (Å²) < 4.78 is 17.1. The van der Waals surface area contributed by atoms with Gasteiger partial charge in [-0.05, 0) is 44.0 Å². The molecule has 2 amide bonds. The van der Waals surface area contributed by atoms with E-state index in [9.17, 15) is 9.59 Å². The van der Waals surface area contributed by atoms with Crippen molar-refractivity contribution in [1.29, 1.82) is 0 Å². The van der Waals surface area contributed by atoms with Crippen LogP contribution in [0.4, 0.5) is 0 Å². The number of methoxy groups -OCH3 is 2. The van der Waals surface area contributed by atoms with E-state index in [1.54, 1.807) is 36.6 Å². The molecule has 2 N–H and O–H groups in total. The Morgan fingerprint density at radius 1 is 1.09 bits per heavy atom. The minimum absolute atomic E-state index is 0.215. The zero-order chi connectivity index (χ0) is 24.3. The number of benzene rings is 2. The molecule has 0 aliphatic rings. The number of thiophene rings is 1. The molecular weight excluding hydrogens is 454 g/mol. The number of hydrogen-bond donors (Lipinski definition) is 2. The van der Waals surface area contributed by atoms with Gasteiger partial charge in [-0.15, -0.1) is 11.3 Å². The highest BCUT2D eigenvalue weighted by Crippen LogP contribution is 2.28. The molecule has 0 aliphatic carbocycles. The average molecular weight is 484 g/mol. The first-order valence-corrected chi connectivity index (χ1v) is 11.8. The third kappa shape index (κ3) is 6.55. The van der Waals surface area contributed by atoms with E-state index >= 15 is 0 Å². The summed E-state index contributed by atoms with van der Waals surface area (Å²) in [5, 5.41) is 10.1. The first-order chi connectivity index (χ1) is 16.6. The number of amides is 2. The van der Waals surface area contributed by atoms with E-state index in [0.717, 1.165) is 27.8 Å². The quantitative estimate of drug-likeness (QED) is 0.231. The molecule has 34 heavy (non-hydrogen) atoms. The van der Waals surface area contributed by atoms with Crippen LogP contribution in [0.5, 0.6) is 11.5 Å². The molecule has 3 aromatic rings. The van der Waals surface area contributed by atoms with Crippen LogP contribution < -0.4 is 20.2 Å². The van der Waals surface area contributed by atoms with Gasteiger partial charge in [-0.3, -0.25) is 9.59 Å². The SMILES string of the molecule is CCOc1ccc(C(=O)NCC(=O)N/N=C(\CCCOC)c2csc3ccccc23)cc1OC. The van der Waals surface area contributed by atoms with Crippen molar-refractivity contribution >= 4 is 38.9 Å². The second kappa shape index (κ2) is 12.7. The largest absolute Gasteiger partial charge is 0.493 e. The van der Waals surface area contributed by atoms with Crippen molar-refractivity contribution in [3.8, 4) is 11.5 Å². The summed E-state index contributed by atoms with van der Waals surface area (Å²) in [5.74, 6) is 0.183. The van der Waals surface area contributed by atoms with Gasteiger partial charge < -0.3 is 19.5 Å². The van der Waals surface area contributed by atoms with Gasteiger partial charge in [0.25, 0.3) is 11.8 Å². The second-order valence-corrected chi connectivity index (χ2v) is 8.23. The molecule has 8 nitrogen and oxygen atoms in total. The zero-order valence-corrected chi connectivity index (χ0v) is 20.4. The van der Waals surface area contributed by atoms with Gasteiger partial charge in [0.15, 0.2) is 11.5 Å². The maximum Gasteiger partial charge on any atom is 0.259 e. The Labute approximate surface area is 202 Å². The van der Waals surface area contributed by atoms with Crippen LogP contribution in [-0.4, -0.2) is 51.5 Å². The summed E-state index contributed by atoms with van der Waals surface area (Å²) in [5.41, 5.74) is 4.69. The number of nitrogens with zero attached hydrogens (tertiary/aromatic N) is 1. The third-order valence-electron chi connectivity index (χ3n) is 5.00. The summed E-state index contributed by atoms with van der Waals surface area (Å²) in [6.45, 7) is 2.73. The number of fused-ring (bicyclic) bond motifs is 1. The number of nitrogens with one attached hydrogen (secondary N) is 2. The molecule has 0 bridgehead atoms. The molecule has 0 atom stereocenters. The van der Waals surface area contributed by atoms with Gasteiger partial charge in [0.05, 0.1) is 26.0 Å². The molecule has 9 heteroatoms. The molecular formula is C25H29N3O5S. The predicted octanol–water partition coefficient (Wildman–Crippen LogP) is 3.99. The van der Waals surface area contributed by atoms with Crippen molar-refractivity contribution in [3.05, 3.63) is 59.0 Å². The van der Waals surface area contributed by atoms with Crippen molar-refractivity contribution < 1.29 is 23.8 Å². The third-order valence-corrected chi connectivity index (χ3v) is 5.97. The van der Waals surface area contributed by atoms with Crippen molar-refractivity contribution in [2.24, 2.45) is 5.10 Å². The molecule has 0 saturated carbocycles. The van der Waals surface area contributed by atoms with Gasteiger partial charge in [0.1, 0.15) is 0 Å². The molecule has 1 heterocycles. The van der Waals surface area contributed by atoms with Crippen molar-refractivity contribution in [2.45, 2.75) is 19.8 Å². The van der Waals surface area contributed by atoms with Gasteiger partial charge in [0.2, 0.25) is 0 Å². The molecule has 0 aliphatic heterocycles. The molecule has 0 spiro atoms. The fourth-order valence-electron chi connectivity index (χ4n) is 3.35. The van der Waals surface area contributed by atoms with Crippen LogP contribution in [0.15, 0.2) is 52.9 Å². The predicted molar refractivity (Wildman–Crippen MR) is 134 cm³/mol. The highest BCUT2D eigenvalue weighted by Gasteiger charge is 2.14. The highest BCUT2D eigenvalue weighted by atomic mass is 32.1. The van der Waals surface area contributed by atoms with E-state index in [4.69, 9.17) is 14.2 Å². The van der Waals surface area contributed by atoms with Gasteiger partial charge >= 0.3 is 0 Å². The molecule has 0 radical (unpaired) electrons. The van der Waals surface area contributed by atoms with E-state index < -0.39 is 11.8 Å². The van der Waals surface area contributed by atoms with Gasteiger partial charge in [-0.25, -0.2) is 5.43 Å². The van der Waals surface area contributed by atoms with Crippen LogP contribution in [0.3, 0.4) is 0 Å². The second-order valence-electron chi connectivity index (χ2n) is 7.32. The normalized spacial score (nSPS) is 11.3. The topological polar surface area (TPSA) is 98.2 Å². The number of ether oxygens (including phenoxy) is 3. The lowest BCUT2D eigenvalue weighted by molar-refractivity contribution is -0.120. The monoisotopic (exact) mass is 483 g/mol. The van der Waals surface area contributed by atoms with E-state index in [0.29, 0.717) is 36.7 Å². The summed E-state index contributed by atoms with van der Waals surface area (Å²) in [6.07, 6.45) is 1.42. The van der Waals surface area contributed by atoms with Crippen molar-refractivity contribution in [3.63, 3.8) is 0 Å². The Hall–Kier alpha value is -3.43. The average Bonchev–Trinajstić information content (AvgIpc) is 3.29. The summed E-state index contributed by atoms with van der Waals surface area (Å²) in [4.78, 5) is 24.9. The Kier molecular flexibility index (Phi) is 9.42. The summed E-state index contributed by atoms with van der Waals surface area (Å²) in [7, 11) is 3.16. The van der Waals surface area contributed by atoms with Crippen LogP contribution in [0.2, 0.25) is 0 Å². The van der Waals surface area contributed by atoms with Crippen LogP contribution in [0, 0.1) is 0 Å². The van der Waals surface area contributed by atoms with Gasteiger partial charge in [-0.2, -0.15) is 5.10 Å². The van der Waals surface area contributed by atoms with E-state index in [2.05, 4.69) is 21.9 Å². The van der Waals surface area contributed by atoms with E-state index in [1.807, 2.05) is 30.5 Å². The Bertz CT molecular complexity index is 1160. The van der Waals surface area contributed by atoms with Crippen molar-refractivity contribution in [2.75, 3.05) is 34.0 Å². The lowest BCUT2D eigenvalue weighted by atomic mass is 10.1. The molecule has 3 rings (SSSR count). The fourth-order valence-corrected chi connectivity index (χ4v) is 4.32. The number of hydrogen-bond acceptors (Lipinski definition) is 7. The maximum atomic E-state index is 12.5. The molecule has 0 fully saturated rings. The summed E-state index contributed by atoms with van der Waals surface area (Å²) >= 11 is 1.63. The number of carbonyl (C=O) groups is 2. The van der Waals surface area contributed by atoms with Crippen LogP contribution in [0.1, 0.15) is 35.7 Å². The lowest BCUT2D eigenvalue weighted by Crippen LogP contribution is -2.35. The standard InChI is InChI=1S/C25H29N3O5S/c1-4-33-21-12-11-17(14-22(21)32-3)25(30)26-15-24(29)28-27-20(9-7-13-31-2)19-16-34-23-10-6-5-8-18(19)23/h5-6,8,10-12,14,16H,4,7,9,13,15H2,1-3H3,(H,26,30)(H,28,29)/b27-20+. The summed E-state index contributed by atoms with van der Waals surface area (Å²) in [6, 6.07) is 12.9. The van der Waals surface area contributed by atoms with E-state index in [1.165, 1.54) is 7.11 Å². The van der Waals surface area contributed by atoms with Gasteiger partial charge in [0, 0.05) is 40.3 Å². The van der Waals surface area contributed by atoms with Crippen molar-refractivity contribution in [1.82, 2.24) is 10.7 Å². The van der Waals surface area contributed by atoms with Gasteiger partial charge in [-0.1, -0.05) is 18.2 Å². The van der Waals surface area contributed by atoms with Crippen LogP contribution >= 0.6 is 11.3 Å². The van der Waals surface area contributed by atoms with E-state index in [-0.39, 0.29) is 6.54 Å². The number of rotatable bonds is 12. The first kappa shape index (κ1) is 25.2. The molecule has 1 aromatic heterocycles. The fraction of sp³-hybridized carbons (Fsp3) is 0.320. The number of hydrazone groups is 1. The molecule has 0 unspecified atom stereocenters. The Morgan fingerprint density at radius 3 is 2.68 bits per heavy atom.